The molecule has 11 heavy (non-hydrogen) atoms. The van der Waals surface area contributed by atoms with E-state index in [1.54, 1.807) is 0 Å². The quantitative estimate of drug-likeness (QED) is 0.706. The third kappa shape index (κ3) is 1.63. The van der Waals surface area contributed by atoms with Crippen LogP contribution in [0.15, 0.2) is 10.5 Å². The van der Waals surface area contributed by atoms with E-state index in [2.05, 4.69) is 0 Å². The Labute approximate surface area is 66.8 Å². The summed E-state index contributed by atoms with van der Waals surface area (Å²) in [6.07, 6.45) is 0. The molecule has 0 spiro atoms. The second kappa shape index (κ2) is 3.09. The summed E-state index contributed by atoms with van der Waals surface area (Å²) in [7, 11) is 0. The van der Waals surface area contributed by atoms with E-state index in [1.807, 2.05) is 26.8 Å². The van der Waals surface area contributed by atoms with E-state index in [-0.39, 0.29) is 12.5 Å². The minimum absolute atomic E-state index is 0.180. The van der Waals surface area contributed by atoms with Crippen LogP contribution in [0.3, 0.4) is 0 Å². The summed E-state index contributed by atoms with van der Waals surface area (Å²) in [6.45, 7) is 6.01. The van der Waals surface area contributed by atoms with Crippen molar-refractivity contribution in [2.24, 2.45) is 0 Å². The molecule has 1 heterocycles. The standard InChI is InChI=1S/C9H14O2/c1-6(5-10)9-4-7(2)11-8(9)3/h4,6,10H,5H2,1-3H3. The van der Waals surface area contributed by atoms with Crippen molar-refractivity contribution in [1.29, 1.82) is 0 Å². The molecule has 0 aliphatic carbocycles. The molecule has 1 N–H and O–H groups in total. The van der Waals surface area contributed by atoms with Gasteiger partial charge < -0.3 is 9.52 Å². The molecule has 1 aromatic rings. The maximum absolute atomic E-state index is 8.88. The van der Waals surface area contributed by atoms with Crippen molar-refractivity contribution in [3.05, 3.63) is 23.2 Å². The molecule has 0 aliphatic rings. The molecular weight excluding hydrogens is 140 g/mol. The fourth-order valence-electron chi connectivity index (χ4n) is 1.24. The van der Waals surface area contributed by atoms with Gasteiger partial charge in [-0.2, -0.15) is 0 Å². The van der Waals surface area contributed by atoms with Gasteiger partial charge in [-0.25, -0.2) is 0 Å². The molecule has 0 radical (unpaired) electrons. The van der Waals surface area contributed by atoms with E-state index in [0.29, 0.717) is 0 Å². The van der Waals surface area contributed by atoms with Gasteiger partial charge in [-0.1, -0.05) is 6.92 Å². The highest BCUT2D eigenvalue weighted by atomic mass is 16.3. The normalized spacial score (nSPS) is 13.5. The topological polar surface area (TPSA) is 33.4 Å². The van der Waals surface area contributed by atoms with Gasteiger partial charge in [0.1, 0.15) is 11.5 Å². The van der Waals surface area contributed by atoms with E-state index >= 15 is 0 Å². The Hall–Kier alpha value is -0.760. The first-order valence-corrected chi connectivity index (χ1v) is 3.83. The molecule has 0 fully saturated rings. The molecule has 0 aromatic carbocycles. The van der Waals surface area contributed by atoms with Crippen molar-refractivity contribution >= 4 is 0 Å². The molecule has 2 nitrogen and oxygen atoms in total. The van der Waals surface area contributed by atoms with Gasteiger partial charge in [-0.05, 0) is 25.5 Å². The summed E-state index contributed by atoms with van der Waals surface area (Å²) in [6, 6.07) is 1.98. The first-order valence-electron chi connectivity index (χ1n) is 3.83. The fourth-order valence-corrected chi connectivity index (χ4v) is 1.24. The number of rotatable bonds is 2. The SMILES string of the molecule is Cc1cc(C(C)CO)c(C)o1. The molecule has 1 rings (SSSR count). The van der Waals surface area contributed by atoms with E-state index in [0.717, 1.165) is 17.1 Å². The van der Waals surface area contributed by atoms with E-state index in [1.165, 1.54) is 0 Å². The van der Waals surface area contributed by atoms with Crippen molar-refractivity contribution in [1.82, 2.24) is 0 Å². The Bertz CT molecular complexity index is 238. The minimum atomic E-state index is 0.180. The maximum atomic E-state index is 8.88. The predicted octanol–water partition coefficient (Wildman–Crippen LogP) is 1.99. The van der Waals surface area contributed by atoms with Gasteiger partial charge in [-0.15, -0.1) is 0 Å². The Balaban J connectivity index is 2.93. The largest absolute Gasteiger partial charge is 0.466 e. The van der Waals surface area contributed by atoms with E-state index < -0.39 is 0 Å². The lowest BCUT2D eigenvalue weighted by Crippen LogP contribution is -1.98. The first-order chi connectivity index (χ1) is 5.15. The average molecular weight is 154 g/mol. The average Bonchev–Trinajstić information content (AvgIpc) is 2.28. The summed E-state index contributed by atoms with van der Waals surface area (Å²) in [5.41, 5.74) is 1.12. The predicted molar refractivity (Wildman–Crippen MR) is 43.7 cm³/mol. The molecule has 0 saturated heterocycles. The smallest absolute Gasteiger partial charge is 0.104 e. The van der Waals surface area contributed by atoms with Crippen LogP contribution < -0.4 is 0 Å². The van der Waals surface area contributed by atoms with Crippen LogP contribution in [0.1, 0.15) is 29.9 Å². The van der Waals surface area contributed by atoms with Gasteiger partial charge in [0.05, 0.1) is 0 Å². The second-order valence-electron chi connectivity index (χ2n) is 2.95. The van der Waals surface area contributed by atoms with Crippen LogP contribution in [0.25, 0.3) is 0 Å². The van der Waals surface area contributed by atoms with Crippen LogP contribution in [0, 0.1) is 13.8 Å². The van der Waals surface area contributed by atoms with Crippen LogP contribution in [-0.4, -0.2) is 11.7 Å². The van der Waals surface area contributed by atoms with Gasteiger partial charge in [0.2, 0.25) is 0 Å². The number of furan rings is 1. The Kier molecular flexibility index (Phi) is 2.35. The Morgan fingerprint density at radius 3 is 2.55 bits per heavy atom. The molecular formula is C9H14O2. The van der Waals surface area contributed by atoms with Gasteiger partial charge in [-0.3, -0.25) is 0 Å². The van der Waals surface area contributed by atoms with Gasteiger partial charge in [0.25, 0.3) is 0 Å². The minimum Gasteiger partial charge on any atom is -0.466 e. The summed E-state index contributed by atoms with van der Waals surface area (Å²) in [5, 5.41) is 8.88. The lowest BCUT2D eigenvalue weighted by Gasteiger charge is -2.04. The summed E-state index contributed by atoms with van der Waals surface area (Å²) < 4.78 is 5.33. The molecule has 1 unspecified atom stereocenters. The summed E-state index contributed by atoms with van der Waals surface area (Å²) >= 11 is 0. The highest BCUT2D eigenvalue weighted by Gasteiger charge is 2.10. The molecule has 0 saturated carbocycles. The van der Waals surface area contributed by atoms with Crippen molar-refractivity contribution in [3.63, 3.8) is 0 Å². The number of hydrogen-bond acceptors (Lipinski definition) is 2. The molecule has 0 aliphatic heterocycles. The van der Waals surface area contributed by atoms with Gasteiger partial charge in [0, 0.05) is 12.5 Å². The highest BCUT2D eigenvalue weighted by molar-refractivity contribution is 5.23. The second-order valence-corrected chi connectivity index (χ2v) is 2.95. The fraction of sp³-hybridized carbons (Fsp3) is 0.556. The summed E-state index contributed by atoms with van der Waals surface area (Å²) in [5.74, 6) is 2.02. The van der Waals surface area contributed by atoms with Crippen molar-refractivity contribution in [2.45, 2.75) is 26.7 Å². The lowest BCUT2D eigenvalue weighted by molar-refractivity contribution is 0.272. The van der Waals surface area contributed by atoms with Gasteiger partial charge >= 0.3 is 0 Å². The third-order valence-electron chi connectivity index (χ3n) is 1.88. The van der Waals surface area contributed by atoms with Crippen LogP contribution >= 0.6 is 0 Å². The molecule has 2 heteroatoms. The molecule has 0 bridgehead atoms. The Morgan fingerprint density at radius 2 is 2.18 bits per heavy atom. The number of aliphatic hydroxyl groups excluding tert-OH is 1. The van der Waals surface area contributed by atoms with E-state index in [4.69, 9.17) is 9.52 Å². The van der Waals surface area contributed by atoms with Crippen molar-refractivity contribution < 1.29 is 9.52 Å². The van der Waals surface area contributed by atoms with Crippen molar-refractivity contribution in [2.75, 3.05) is 6.61 Å². The maximum Gasteiger partial charge on any atom is 0.104 e. The number of aryl methyl sites for hydroxylation is 2. The molecule has 62 valence electrons. The van der Waals surface area contributed by atoms with Crippen molar-refractivity contribution in [3.8, 4) is 0 Å². The van der Waals surface area contributed by atoms with Crippen LogP contribution in [0.4, 0.5) is 0 Å². The Morgan fingerprint density at radius 1 is 1.55 bits per heavy atom. The van der Waals surface area contributed by atoms with Crippen LogP contribution in [0.2, 0.25) is 0 Å². The van der Waals surface area contributed by atoms with E-state index in [9.17, 15) is 0 Å². The lowest BCUT2D eigenvalue weighted by atomic mass is 10.0. The number of aliphatic hydroxyl groups is 1. The molecule has 0 amide bonds. The number of hydrogen-bond donors (Lipinski definition) is 1. The zero-order chi connectivity index (χ0) is 8.43. The van der Waals surface area contributed by atoms with Crippen LogP contribution in [-0.2, 0) is 0 Å². The van der Waals surface area contributed by atoms with Gasteiger partial charge in [0.15, 0.2) is 0 Å². The van der Waals surface area contributed by atoms with Crippen LogP contribution in [0.5, 0.6) is 0 Å². The summed E-state index contributed by atoms with van der Waals surface area (Å²) in [4.78, 5) is 0. The molecule has 1 atom stereocenters. The third-order valence-corrected chi connectivity index (χ3v) is 1.88. The highest BCUT2D eigenvalue weighted by Crippen LogP contribution is 2.22. The first kappa shape index (κ1) is 8.34. The zero-order valence-corrected chi connectivity index (χ0v) is 7.22. The monoisotopic (exact) mass is 154 g/mol. The zero-order valence-electron chi connectivity index (χ0n) is 7.22. The molecule has 1 aromatic heterocycles.